The maximum absolute atomic E-state index is 12.9. The predicted molar refractivity (Wildman–Crippen MR) is 96.8 cm³/mol. The number of halogens is 2. The molecule has 0 amide bonds. The Hall–Kier alpha value is -1.80. The van der Waals surface area contributed by atoms with Crippen molar-refractivity contribution in [1.82, 2.24) is 9.71 Å². The van der Waals surface area contributed by atoms with Gasteiger partial charge in [-0.15, -0.1) is 11.3 Å². The standard InChI is InChI=1S/C17H14ClFN2O2S2/c18-15-3-1-2-4-16(15)25(22,23)21-11-17-20-10-14(24-17)9-12-5-7-13(19)8-6-12/h1-8,10,21H,9,11H2. The van der Waals surface area contributed by atoms with Gasteiger partial charge in [0, 0.05) is 17.5 Å². The summed E-state index contributed by atoms with van der Waals surface area (Å²) in [5.74, 6) is -0.275. The lowest BCUT2D eigenvalue weighted by atomic mass is 10.1. The Morgan fingerprint density at radius 3 is 2.56 bits per heavy atom. The predicted octanol–water partition coefficient (Wildman–Crippen LogP) is 4.00. The molecule has 0 saturated carbocycles. The summed E-state index contributed by atoms with van der Waals surface area (Å²) in [5.41, 5.74) is 0.966. The molecule has 25 heavy (non-hydrogen) atoms. The first-order chi connectivity index (χ1) is 11.9. The van der Waals surface area contributed by atoms with Crippen LogP contribution in [0.3, 0.4) is 0 Å². The summed E-state index contributed by atoms with van der Waals surface area (Å²) in [7, 11) is -3.70. The highest BCUT2D eigenvalue weighted by Gasteiger charge is 2.17. The van der Waals surface area contributed by atoms with E-state index in [1.165, 1.54) is 35.6 Å². The Balaban J connectivity index is 1.65. The van der Waals surface area contributed by atoms with Crippen LogP contribution in [0.15, 0.2) is 59.6 Å². The topological polar surface area (TPSA) is 59.1 Å². The summed E-state index contributed by atoms with van der Waals surface area (Å²) in [6.45, 7) is 0.0850. The fraction of sp³-hybridized carbons (Fsp3) is 0.118. The van der Waals surface area contributed by atoms with E-state index < -0.39 is 10.0 Å². The van der Waals surface area contributed by atoms with E-state index >= 15 is 0 Å². The molecular formula is C17H14ClFN2O2S2. The van der Waals surface area contributed by atoms with Crippen molar-refractivity contribution in [3.8, 4) is 0 Å². The maximum Gasteiger partial charge on any atom is 0.242 e. The van der Waals surface area contributed by atoms with Crippen LogP contribution in [0.2, 0.25) is 5.02 Å². The van der Waals surface area contributed by atoms with E-state index in [0.717, 1.165) is 10.4 Å². The number of hydrogen-bond donors (Lipinski definition) is 1. The summed E-state index contributed by atoms with van der Waals surface area (Å²) < 4.78 is 40.0. The molecule has 0 aliphatic heterocycles. The second kappa shape index (κ2) is 7.61. The quantitative estimate of drug-likeness (QED) is 0.685. The first-order valence-electron chi connectivity index (χ1n) is 7.36. The number of sulfonamides is 1. The third-order valence-corrected chi connectivity index (χ3v) is 6.33. The zero-order valence-corrected chi connectivity index (χ0v) is 15.3. The molecule has 0 atom stereocenters. The molecule has 1 heterocycles. The van der Waals surface area contributed by atoms with Crippen molar-refractivity contribution in [3.63, 3.8) is 0 Å². The molecule has 8 heteroatoms. The SMILES string of the molecule is O=S(=O)(NCc1ncc(Cc2ccc(F)cc2)s1)c1ccccc1Cl. The largest absolute Gasteiger partial charge is 0.248 e. The number of aromatic nitrogens is 1. The lowest BCUT2D eigenvalue weighted by Gasteiger charge is -2.06. The van der Waals surface area contributed by atoms with E-state index in [-0.39, 0.29) is 22.3 Å². The Morgan fingerprint density at radius 1 is 1.12 bits per heavy atom. The molecule has 0 radical (unpaired) electrons. The number of rotatable bonds is 6. The van der Waals surface area contributed by atoms with Crippen molar-refractivity contribution in [3.05, 3.63) is 81.0 Å². The molecule has 3 aromatic rings. The molecule has 1 aromatic heterocycles. The number of thiazole rings is 1. The molecule has 1 N–H and O–H groups in total. The third kappa shape index (κ3) is 4.64. The molecule has 3 rings (SSSR count). The lowest BCUT2D eigenvalue weighted by Crippen LogP contribution is -2.23. The van der Waals surface area contributed by atoms with Crippen LogP contribution in [-0.2, 0) is 23.0 Å². The number of benzene rings is 2. The van der Waals surface area contributed by atoms with Gasteiger partial charge >= 0.3 is 0 Å². The smallest absolute Gasteiger partial charge is 0.242 e. The van der Waals surface area contributed by atoms with Crippen LogP contribution in [0.25, 0.3) is 0 Å². The van der Waals surface area contributed by atoms with Crippen molar-refractivity contribution in [1.29, 1.82) is 0 Å². The van der Waals surface area contributed by atoms with Crippen LogP contribution < -0.4 is 4.72 Å². The van der Waals surface area contributed by atoms with Gasteiger partial charge in [-0.25, -0.2) is 22.5 Å². The molecule has 0 bridgehead atoms. The van der Waals surface area contributed by atoms with Crippen LogP contribution in [0.5, 0.6) is 0 Å². The van der Waals surface area contributed by atoms with Crippen LogP contribution in [0, 0.1) is 5.82 Å². The summed E-state index contributed by atoms with van der Waals surface area (Å²) in [6.07, 6.45) is 2.32. The fourth-order valence-electron chi connectivity index (χ4n) is 2.21. The van der Waals surface area contributed by atoms with E-state index in [0.29, 0.717) is 11.4 Å². The van der Waals surface area contributed by atoms with Gasteiger partial charge in [-0.3, -0.25) is 0 Å². The lowest BCUT2D eigenvalue weighted by molar-refractivity contribution is 0.581. The average molecular weight is 397 g/mol. The first kappa shape index (κ1) is 18.0. The van der Waals surface area contributed by atoms with Crippen LogP contribution in [0.4, 0.5) is 4.39 Å². The van der Waals surface area contributed by atoms with Crippen LogP contribution >= 0.6 is 22.9 Å². The molecule has 0 aliphatic rings. The minimum absolute atomic E-state index is 0.0414. The van der Waals surface area contributed by atoms with Gasteiger partial charge in [-0.1, -0.05) is 35.9 Å². The van der Waals surface area contributed by atoms with E-state index in [1.54, 1.807) is 30.5 Å². The van der Waals surface area contributed by atoms with Crippen molar-refractivity contribution in [2.75, 3.05) is 0 Å². The molecule has 0 saturated heterocycles. The Morgan fingerprint density at radius 2 is 1.84 bits per heavy atom. The first-order valence-corrected chi connectivity index (χ1v) is 10.0. The maximum atomic E-state index is 12.9. The summed E-state index contributed by atoms with van der Waals surface area (Å²) in [5, 5.41) is 0.818. The number of nitrogens with zero attached hydrogens (tertiary/aromatic N) is 1. The minimum Gasteiger partial charge on any atom is -0.248 e. The van der Waals surface area contributed by atoms with E-state index in [1.807, 2.05) is 0 Å². The second-order valence-corrected chi connectivity index (χ2v) is 8.62. The second-order valence-electron chi connectivity index (χ2n) is 5.28. The van der Waals surface area contributed by atoms with Crippen molar-refractivity contribution in [2.24, 2.45) is 0 Å². The number of nitrogens with one attached hydrogen (secondary N) is 1. The zero-order valence-electron chi connectivity index (χ0n) is 12.9. The molecular weight excluding hydrogens is 383 g/mol. The van der Waals surface area contributed by atoms with Gasteiger partial charge in [-0.2, -0.15) is 0 Å². The van der Waals surface area contributed by atoms with Crippen LogP contribution in [-0.4, -0.2) is 13.4 Å². The molecule has 2 aromatic carbocycles. The zero-order chi connectivity index (χ0) is 17.9. The Labute approximate surface area is 154 Å². The molecule has 4 nitrogen and oxygen atoms in total. The van der Waals surface area contributed by atoms with Gasteiger partial charge in [0.25, 0.3) is 0 Å². The Bertz CT molecular complexity index is 972. The molecule has 130 valence electrons. The van der Waals surface area contributed by atoms with Crippen molar-refractivity contribution >= 4 is 33.0 Å². The highest BCUT2D eigenvalue weighted by atomic mass is 35.5. The Kier molecular flexibility index (Phi) is 5.48. The monoisotopic (exact) mass is 396 g/mol. The van der Waals surface area contributed by atoms with Gasteiger partial charge in [0.1, 0.15) is 15.7 Å². The summed E-state index contributed by atoms with van der Waals surface area (Å²) in [4.78, 5) is 5.25. The molecule has 0 aliphatic carbocycles. The molecule has 0 fully saturated rings. The van der Waals surface area contributed by atoms with Crippen LogP contribution in [0.1, 0.15) is 15.4 Å². The summed E-state index contributed by atoms with van der Waals surface area (Å²) in [6, 6.07) is 12.5. The van der Waals surface area contributed by atoms with Gasteiger partial charge in [0.15, 0.2) is 0 Å². The minimum atomic E-state index is -3.70. The van der Waals surface area contributed by atoms with E-state index in [2.05, 4.69) is 9.71 Å². The number of hydrogen-bond acceptors (Lipinski definition) is 4. The van der Waals surface area contributed by atoms with Gasteiger partial charge < -0.3 is 0 Å². The van der Waals surface area contributed by atoms with Gasteiger partial charge in [0.05, 0.1) is 11.6 Å². The van der Waals surface area contributed by atoms with Crippen molar-refractivity contribution < 1.29 is 12.8 Å². The van der Waals surface area contributed by atoms with Crippen molar-refractivity contribution in [2.45, 2.75) is 17.9 Å². The van der Waals surface area contributed by atoms with E-state index in [4.69, 9.17) is 11.6 Å². The molecule has 0 unspecified atom stereocenters. The highest BCUT2D eigenvalue weighted by Crippen LogP contribution is 2.22. The third-order valence-electron chi connectivity index (χ3n) is 3.43. The van der Waals surface area contributed by atoms with E-state index in [9.17, 15) is 12.8 Å². The average Bonchev–Trinajstić information content (AvgIpc) is 3.03. The normalized spacial score (nSPS) is 11.6. The summed E-state index contributed by atoms with van der Waals surface area (Å²) >= 11 is 7.34. The fourth-order valence-corrected chi connectivity index (χ4v) is 4.71. The van der Waals surface area contributed by atoms with Gasteiger partial charge in [-0.05, 0) is 29.8 Å². The van der Waals surface area contributed by atoms with Gasteiger partial charge in [0.2, 0.25) is 10.0 Å². The highest BCUT2D eigenvalue weighted by molar-refractivity contribution is 7.89. The molecule has 0 spiro atoms.